The molecule has 1 atom stereocenters. The Bertz CT molecular complexity index is 980. The standard InChI is InChI=1S/C17H18N6O3.ClH/c18-7-11(9-3-4-9)22-17(25)12-6-10(13-2-1-5-26-13)21-16-14(15(19)24)20-8-23(12)16;/h1-2,5-6,8-9,11H,3-4,7,18H2,(H2,19,24)(H,22,25);1H. The molecule has 9 nitrogen and oxygen atoms in total. The molecule has 1 unspecified atom stereocenters. The normalized spacial score (nSPS) is 14.6. The number of hydrogen-bond acceptors (Lipinski definition) is 6. The third-order valence-electron chi connectivity index (χ3n) is 4.50. The van der Waals surface area contributed by atoms with E-state index in [0.29, 0.717) is 23.9 Å². The van der Waals surface area contributed by atoms with Crippen molar-refractivity contribution < 1.29 is 14.0 Å². The van der Waals surface area contributed by atoms with Crippen LogP contribution < -0.4 is 16.8 Å². The minimum absolute atomic E-state index is 0. The van der Waals surface area contributed by atoms with E-state index in [4.69, 9.17) is 15.9 Å². The zero-order chi connectivity index (χ0) is 18.3. The maximum atomic E-state index is 12.9. The van der Waals surface area contributed by atoms with Gasteiger partial charge in [0, 0.05) is 12.6 Å². The number of furan rings is 1. The zero-order valence-corrected chi connectivity index (χ0v) is 15.1. The number of halogens is 1. The lowest BCUT2D eigenvalue weighted by molar-refractivity contribution is 0.0925. The zero-order valence-electron chi connectivity index (χ0n) is 14.3. The van der Waals surface area contributed by atoms with Crippen LogP contribution in [0.2, 0.25) is 0 Å². The van der Waals surface area contributed by atoms with Gasteiger partial charge in [-0.15, -0.1) is 12.4 Å². The number of nitrogens with one attached hydrogen (secondary N) is 1. The fourth-order valence-electron chi connectivity index (χ4n) is 2.98. The fourth-order valence-corrected chi connectivity index (χ4v) is 2.98. The van der Waals surface area contributed by atoms with Crippen LogP contribution in [0.5, 0.6) is 0 Å². The molecule has 10 heteroatoms. The molecule has 1 aliphatic carbocycles. The first kappa shape index (κ1) is 18.9. The number of fused-ring (bicyclic) bond motifs is 1. The first-order valence-electron chi connectivity index (χ1n) is 8.31. The Kier molecular flexibility index (Phi) is 5.15. The summed E-state index contributed by atoms with van der Waals surface area (Å²) in [5, 5.41) is 2.96. The van der Waals surface area contributed by atoms with Crippen LogP contribution in [0.3, 0.4) is 0 Å². The van der Waals surface area contributed by atoms with Crippen LogP contribution in [0.1, 0.15) is 33.8 Å². The van der Waals surface area contributed by atoms with Gasteiger partial charge >= 0.3 is 0 Å². The van der Waals surface area contributed by atoms with Crippen LogP contribution in [-0.4, -0.2) is 38.8 Å². The molecule has 4 rings (SSSR count). The van der Waals surface area contributed by atoms with Crippen molar-refractivity contribution in [2.24, 2.45) is 17.4 Å². The number of rotatable bonds is 6. The van der Waals surface area contributed by atoms with E-state index in [9.17, 15) is 9.59 Å². The summed E-state index contributed by atoms with van der Waals surface area (Å²) >= 11 is 0. The topological polar surface area (TPSA) is 142 Å². The van der Waals surface area contributed by atoms with Crippen molar-refractivity contribution in [2.45, 2.75) is 18.9 Å². The van der Waals surface area contributed by atoms with Crippen LogP contribution >= 0.6 is 12.4 Å². The quantitative estimate of drug-likeness (QED) is 0.572. The SMILES string of the molecule is Cl.NCC(NC(=O)c1cc(-c2ccco2)nc2c(C(N)=O)ncn12)C1CC1. The Morgan fingerprint density at radius 1 is 1.41 bits per heavy atom. The van der Waals surface area contributed by atoms with Gasteiger partial charge in [0.15, 0.2) is 17.1 Å². The van der Waals surface area contributed by atoms with Crippen LogP contribution in [0.15, 0.2) is 35.2 Å². The maximum Gasteiger partial charge on any atom is 0.271 e. The molecule has 3 aromatic heterocycles. The van der Waals surface area contributed by atoms with E-state index >= 15 is 0 Å². The minimum Gasteiger partial charge on any atom is -0.463 e. The van der Waals surface area contributed by atoms with E-state index in [1.807, 2.05) is 0 Å². The predicted octanol–water partition coefficient (Wildman–Crippen LogP) is 0.977. The van der Waals surface area contributed by atoms with E-state index in [2.05, 4.69) is 15.3 Å². The van der Waals surface area contributed by atoms with Gasteiger partial charge in [0.1, 0.15) is 17.7 Å². The molecule has 27 heavy (non-hydrogen) atoms. The molecule has 3 heterocycles. The fraction of sp³-hybridized carbons (Fsp3) is 0.294. The molecule has 3 aromatic rings. The highest BCUT2D eigenvalue weighted by Gasteiger charge is 2.32. The molecule has 1 saturated carbocycles. The summed E-state index contributed by atoms with van der Waals surface area (Å²) in [7, 11) is 0. The number of amides is 2. The molecule has 0 aliphatic heterocycles. The maximum absolute atomic E-state index is 12.9. The average molecular weight is 391 g/mol. The highest BCUT2D eigenvalue weighted by Crippen LogP contribution is 2.32. The van der Waals surface area contributed by atoms with E-state index in [1.54, 1.807) is 18.2 Å². The Morgan fingerprint density at radius 2 is 2.19 bits per heavy atom. The second kappa shape index (κ2) is 7.37. The molecular weight excluding hydrogens is 372 g/mol. The Balaban J connectivity index is 0.00000210. The number of carbonyl (C=O) groups is 2. The van der Waals surface area contributed by atoms with Crippen molar-refractivity contribution >= 4 is 29.9 Å². The van der Waals surface area contributed by atoms with Gasteiger partial charge in [-0.25, -0.2) is 9.97 Å². The molecule has 5 N–H and O–H groups in total. The van der Waals surface area contributed by atoms with Crippen LogP contribution in [-0.2, 0) is 0 Å². The third-order valence-corrected chi connectivity index (χ3v) is 4.50. The van der Waals surface area contributed by atoms with Crippen LogP contribution in [0.25, 0.3) is 17.1 Å². The van der Waals surface area contributed by atoms with Crippen molar-refractivity contribution in [3.05, 3.63) is 42.2 Å². The van der Waals surface area contributed by atoms with Gasteiger partial charge in [0.25, 0.3) is 11.8 Å². The third kappa shape index (κ3) is 3.51. The van der Waals surface area contributed by atoms with E-state index in [-0.39, 0.29) is 41.4 Å². The van der Waals surface area contributed by atoms with Crippen molar-refractivity contribution in [2.75, 3.05) is 6.54 Å². The molecule has 0 aromatic carbocycles. The number of hydrogen-bond donors (Lipinski definition) is 3. The van der Waals surface area contributed by atoms with Gasteiger partial charge < -0.3 is 21.2 Å². The van der Waals surface area contributed by atoms with Gasteiger partial charge in [0.2, 0.25) is 0 Å². The van der Waals surface area contributed by atoms with Crippen molar-refractivity contribution in [1.82, 2.24) is 19.7 Å². The van der Waals surface area contributed by atoms with E-state index in [1.165, 1.54) is 17.0 Å². The highest BCUT2D eigenvalue weighted by molar-refractivity contribution is 5.99. The smallest absolute Gasteiger partial charge is 0.271 e. The first-order valence-corrected chi connectivity index (χ1v) is 8.31. The second-order valence-electron chi connectivity index (χ2n) is 6.31. The summed E-state index contributed by atoms with van der Waals surface area (Å²) in [6.07, 6.45) is 4.98. The summed E-state index contributed by atoms with van der Waals surface area (Å²) in [6.45, 7) is 0.367. The van der Waals surface area contributed by atoms with Gasteiger partial charge in [-0.1, -0.05) is 0 Å². The summed E-state index contributed by atoms with van der Waals surface area (Å²) in [6, 6.07) is 4.93. The lowest BCUT2D eigenvalue weighted by Gasteiger charge is -2.16. The summed E-state index contributed by atoms with van der Waals surface area (Å²) in [5.41, 5.74) is 12.0. The molecular formula is C17H19ClN6O3. The second-order valence-corrected chi connectivity index (χ2v) is 6.31. The number of nitrogens with zero attached hydrogens (tertiary/aromatic N) is 3. The van der Waals surface area contributed by atoms with Crippen molar-refractivity contribution in [3.63, 3.8) is 0 Å². The number of imidazole rings is 1. The average Bonchev–Trinajstić information content (AvgIpc) is 3.15. The Hall–Kier alpha value is -2.91. The monoisotopic (exact) mass is 390 g/mol. The van der Waals surface area contributed by atoms with Gasteiger partial charge in [0.05, 0.1) is 6.26 Å². The molecule has 2 amide bonds. The van der Waals surface area contributed by atoms with Crippen molar-refractivity contribution in [1.29, 1.82) is 0 Å². The first-order chi connectivity index (χ1) is 12.6. The number of nitrogens with two attached hydrogens (primary N) is 2. The largest absolute Gasteiger partial charge is 0.463 e. The molecule has 0 spiro atoms. The minimum atomic E-state index is -0.722. The summed E-state index contributed by atoms with van der Waals surface area (Å²) in [5.74, 6) is -0.160. The van der Waals surface area contributed by atoms with Crippen LogP contribution in [0, 0.1) is 5.92 Å². The lowest BCUT2D eigenvalue weighted by Crippen LogP contribution is -2.42. The van der Waals surface area contributed by atoms with E-state index in [0.717, 1.165) is 12.8 Å². The van der Waals surface area contributed by atoms with Gasteiger partial charge in [-0.3, -0.25) is 14.0 Å². The molecule has 0 bridgehead atoms. The van der Waals surface area contributed by atoms with Gasteiger partial charge in [-0.2, -0.15) is 0 Å². The van der Waals surface area contributed by atoms with Crippen molar-refractivity contribution in [3.8, 4) is 11.5 Å². The molecule has 142 valence electrons. The molecule has 1 fully saturated rings. The highest BCUT2D eigenvalue weighted by atomic mass is 35.5. The molecule has 0 radical (unpaired) electrons. The Morgan fingerprint density at radius 3 is 2.78 bits per heavy atom. The van der Waals surface area contributed by atoms with Crippen LogP contribution in [0.4, 0.5) is 0 Å². The Labute approximate surface area is 160 Å². The summed E-state index contributed by atoms with van der Waals surface area (Å²) in [4.78, 5) is 32.9. The molecule has 0 saturated heterocycles. The predicted molar refractivity (Wildman–Crippen MR) is 99.5 cm³/mol. The van der Waals surface area contributed by atoms with Gasteiger partial charge in [-0.05, 0) is 37.0 Å². The number of aromatic nitrogens is 3. The van der Waals surface area contributed by atoms with E-state index < -0.39 is 5.91 Å². The lowest BCUT2D eigenvalue weighted by atomic mass is 10.1. The summed E-state index contributed by atoms with van der Waals surface area (Å²) < 4.78 is 6.82. The number of carbonyl (C=O) groups excluding carboxylic acids is 2. The molecule has 1 aliphatic rings. The number of primary amides is 1.